The molecule has 0 atom stereocenters. The van der Waals surface area contributed by atoms with Gasteiger partial charge in [-0.15, -0.1) is 0 Å². The molecule has 10 heteroatoms. The average Bonchev–Trinajstić information content (AvgIpc) is 2.92. The lowest BCUT2D eigenvalue weighted by Gasteiger charge is -2.16. The number of nitrogens with one attached hydrogen (secondary N) is 1. The molecule has 28 heavy (non-hydrogen) atoms. The predicted octanol–water partition coefficient (Wildman–Crippen LogP) is 4.96. The number of amides is 2. The molecular formula is C18H11Cl3N2O3S2. The van der Waals surface area contributed by atoms with Crippen molar-refractivity contribution in [1.82, 2.24) is 10.4 Å². The maximum atomic E-state index is 12.5. The highest BCUT2D eigenvalue weighted by atomic mass is 35.5. The summed E-state index contributed by atoms with van der Waals surface area (Å²) in [5, 5.41) is 1.73. The minimum Gasteiger partial charge on any atom is -0.482 e. The van der Waals surface area contributed by atoms with Gasteiger partial charge in [-0.3, -0.25) is 15.0 Å². The summed E-state index contributed by atoms with van der Waals surface area (Å²) >= 11 is 24.0. The highest BCUT2D eigenvalue weighted by molar-refractivity contribution is 8.26. The van der Waals surface area contributed by atoms with E-state index in [1.165, 1.54) is 12.1 Å². The second-order valence-corrected chi connectivity index (χ2v) is 8.35. The van der Waals surface area contributed by atoms with Crippen LogP contribution in [0.15, 0.2) is 47.4 Å². The molecule has 1 fully saturated rings. The Bertz CT molecular complexity index is 984. The van der Waals surface area contributed by atoms with Crippen molar-refractivity contribution in [3.63, 3.8) is 0 Å². The third-order valence-electron chi connectivity index (χ3n) is 3.46. The Morgan fingerprint density at radius 2 is 1.82 bits per heavy atom. The number of ether oxygens (including phenoxy) is 1. The maximum absolute atomic E-state index is 12.5. The van der Waals surface area contributed by atoms with Gasteiger partial charge in [-0.05, 0) is 29.9 Å². The number of hydrazine groups is 1. The van der Waals surface area contributed by atoms with Crippen LogP contribution < -0.4 is 10.2 Å². The van der Waals surface area contributed by atoms with Gasteiger partial charge in [-0.1, -0.05) is 76.9 Å². The topological polar surface area (TPSA) is 58.6 Å². The fourth-order valence-corrected chi connectivity index (χ4v) is 3.95. The highest BCUT2D eigenvalue weighted by Gasteiger charge is 2.33. The number of thiocarbonyl (C=S) groups is 1. The Balaban J connectivity index is 1.63. The van der Waals surface area contributed by atoms with Crippen LogP contribution in [0.5, 0.6) is 5.75 Å². The lowest BCUT2D eigenvalue weighted by molar-refractivity contribution is -0.134. The van der Waals surface area contributed by atoms with E-state index in [0.717, 1.165) is 22.3 Å². The van der Waals surface area contributed by atoms with E-state index in [9.17, 15) is 9.59 Å². The molecule has 0 aliphatic carbocycles. The molecule has 0 bridgehead atoms. The Morgan fingerprint density at radius 3 is 2.54 bits per heavy atom. The second-order valence-electron chi connectivity index (χ2n) is 5.45. The maximum Gasteiger partial charge on any atom is 0.285 e. The molecule has 144 valence electrons. The SMILES string of the molecule is O=C(COc1cc(Cl)c(Cl)cc1Cl)NN1C(=O)C(=Cc2ccccc2)SC1=S. The number of nitrogens with zero attached hydrogens (tertiary/aromatic N) is 1. The Hall–Kier alpha value is -1.77. The molecule has 1 aliphatic rings. The van der Waals surface area contributed by atoms with Crippen LogP contribution in [0.3, 0.4) is 0 Å². The van der Waals surface area contributed by atoms with Crippen molar-refractivity contribution >= 4 is 81.0 Å². The summed E-state index contributed by atoms with van der Waals surface area (Å²) in [5.74, 6) is -0.806. The summed E-state index contributed by atoms with van der Waals surface area (Å²) < 4.78 is 5.56. The average molecular weight is 474 g/mol. The molecule has 2 aromatic carbocycles. The van der Waals surface area contributed by atoms with Crippen LogP contribution in [0.25, 0.3) is 6.08 Å². The molecule has 1 aliphatic heterocycles. The van der Waals surface area contributed by atoms with E-state index < -0.39 is 18.4 Å². The number of hydrogen-bond donors (Lipinski definition) is 1. The number of benzene rings is 2. The molecule has 0 spiro atoms. The highest BCUT2D eigenvalue weighted by Crippen LogP contribution is 2.34. The Morgan fingerprint density at radius 1 is 1.14 bits per heavy atom. The fraction of sp³-hybridized carbons (Fsp3) is 0.0556. The predicted molar refractivity (Wildman–Crippen MR) is 117 cm³/mol. The summed E-state index contributed by atoms with van der Waals surface area (Å²) in [5.41, 5.74) is 3.28. The molecule has 1 saturated heterocycles. The van der Waals surface area contributed by atoms with E-state index in [0.29, 0.717) is 4.91 Å². The quantitative estimate of drug-likeness (QED) is 0.378. The monoisotopic (exact) mass is 472 g/mol. The zero-order valence-corrected chi connectivity index (χ0v) is 17.8. The van der Waals surface area contributed by atoms with E-state index in [1.807, 2.05) is 30.3 Å². The molecule has 5 nitrogen and oxygen atoms in total. The van der Waals surface area contributed by atoms with Crippen LogP contribution in [0.4, 0.5) is 0 Å². The summed E-state index contributed by atoms with van der Waals surface area (Å²) in [6.45, 7) is -0.396. The second kappa shape index (κ2) is 9.15. The summed E-state index contributed by atoms with van der Waals surface area (Å²) in [7, 11) is 0. The molecule has 1 heterocycles. The van der Waals surface area contributed by atoms with Crippen molar-refractivity contribution in [3.8, 4) is 5.75 Å². The lowest BCUT2D eigenvalue weighted by atomic mass is 10.2. The lowest BCUT2D eigenvalue weighted by Crippen LogP contribution is -2.46. The first-order valence-electron chi connectivity index (χ1n) is 7.75. The minimum absolute atomic E-state index is 0.195. The van der Waals surface area contributed by atoms with Crippen LogP contribution in [-0.4, -0.2) is 27.8 Å². The van der Waals surface area contributed by atoms with Gasteiger partial charge in [-0.25, -0.2) is 0 Å². The Labute approximate surface area is 185 Å². The largest absolute Gasteiger partial charge is 0.482 e. The van der Waals surface area contributed by atoms with Crippen molar-refractivity contribution in [2.45, 2.75) is 0 Å². The third kappa shape index (κ3) is 4.98. The van der Waals surface area contributed by atoms with Gasteiger partial charge in [0.1, 0.15) is 5.75 Å². The third-order valence-corrected chi connectivity index (χ3v) is 5.78. The molecule has 0 aromatic heterocycles. The number of rotatable bonds is 5. The standard InChI is InChI=1S/C18H11Cl3N2O3S2/c19-11-7-13(21)14(8-12(11)20)26-9-16(24)22-23-17(25)15(28-18(23)27)6-10-4-2-1-3-5-10/h1-8H,9H2,(H,22,24). The summed E-state index contributed by atoms with van der Waals surface area (Å²) in [6, 6.07) is 12.1. The molecule has 0 unspecified atom stereocenters. The zero-order chi connectivity index (χ0) is 20.3. The van der Waals surface area contributed by atoms with Gasteiger partial charge in [-0.2, -0.15) is 5.01 Å². The molecule has 0 radical (unpaired) electrons. The van der Waals surface area contributed by atoms with Gasteiger partial charge < -0.3 is 4.74 Å². The first-order valence-corrected chi connectivity index (χ1v) is 10.1. The van der Waals surface area contributed by atoms with E-state index in [1.54, 1.807) is 6.08 Å². The van der Waals surface area contributed by atoms with Gasteiger partial charge in [0.05, 0.1) is 20.0 Å². The van der Waals surface area contributed by atoms with Crippen LogP contribution >= 0.6 is 58.8 Å². The fourth-order valence-electron chi connectivity index (χ4n) is 2.18. The molecule has 0 saturated carbocycles. The van der Waals surface area contributed by atoms with Gasteiger partial charge in [0.15, 0.2) is 10.9 Å². The molecular weight excluding hydrogens is 463 g/mol. The molecule has 2 amide bonds. The molecule has 2 aromatic rings. The minimum atomic E-state index is -0.584. The summed E-state index contributed by atoms with van der Waals surface area (Å²) in [4.78, 5) is 25.1. The van der Waals surface area contributed by atoms with Crippen molar-refractivity contribution in [1.29, 1.82) is 0 Å². The number of hydrogen-bond acceptors (Lipinski definition) is 5. The molecule has 3 rings (SSSR count). The number of thioether (sulfide) groups is 1. The Kier molecular flexibility index (Phi) is 6.85. The molecule has 1 N–H and O–H groups in total. The van der Waals surface area contributed by atoms with E-state index >= 15 is 0 Å². The van der Waals surface area contributed by atoms with Gasteiger partial charge in [0, 0.05) is 6.07 Å². The number of halogens is 3. The normalized spacial score (nSPS) is 15.2. The smallest absolute Gasteiger partial charge is 0.285 e. The van der Waals surface area contributed by atoms with Crippen molar-refractivity contribution in [2.75, 3.05) is 6.61 Å². The van der Waals surface area contributed by atoms with Crippen molar-refractivity contribution in [2.24, 2.45) is 0 Å². The first kappa shape index (κ1) is 21.0. The number of carbonyl (C=O) groups excluding carboxylic acids is 2. The van der Waals surface area contributed by atoms with Crippen LogP contribution in [0.2, 0.25) is 15.1 Å². The van der Waals surface area contributed by atoms with Crippen LogP contribution in [-0.2, 0) is 9.59 Å². The van der Waals surface area contributed by atoms with Crippen LogP contribution in [0, 0.1) is 0 Å². The van der Waals surface area contributed by atoms with Crippen molar-refractivity contribution < 1.29 is 14.3 Å². The van der Waals surface area contributed by atoms with Gasteiger partial charge >= 0.3 is 0 Å². The first-order chi connectivity index (χ1) is 13.3. The zero-order valence-electron chi connectivity index (χ0n) is 13.9. The summed E-state index contributed by atoms with van der Waals surface area (Å²) in [6.07, 6.45) is 1.71. The van der Waals surface area contributed by atoms with Gasteiger partial charge in [0.2, 0.25) is 0 Å². The van der Waals surface area contributed by atoms with E-state index in [-0.39, 0.29) is 25.1 Å². The van der Waals surface area contributed by atoms with E-state index in [2.05, 4.69) is 5.43 Å². The number of carbonyl (C=O) groups is 2. The van der Waals surface area contributed by atoms with Gasteiger partial charge in [0.25, 0.3) is 11.8 Å². The van der Waals surface area contributed by atoms with Crippen LogP contribution in [0.1, 0.15) is 5.56 Å². The van der Waals surface area contributed by atoms with E-state index in [4.69, 9.17) is 51.8 Å². The van der Waals surface area contributed by atoms with Crippen molar-refractivity contribution in [3.05, 3.63) is 68.0 Å².